The third-order valence-electron chi connectivity index (χ3n) is 2.45. The Bertz CT molecular complexity index is 511. The molecular formula is C12H18N2O4S. The predicted molar refractivity (Wildman–Crippen MR) is 71.0 cm³/mol. The number of sulfonamides is 1. The van der Waals surface area contributed by atoms with Crippen molar-refractivity contribution < 1.29 is 17.9 Å². The fraction of sp³-hybridized carbons (Fsp3) is 0.417. The van der Waals surface area contributed by atoms with Crippen LogP contribution >= 0.6 is 0 Å². The lowest BCUT2D eigenvalue weighted by atomic mass is 10.2. The Morgan fingerprint density at radius 2 is 1.95 bits per heavy atom. The van der Waals surface area contributed by atoms with Crippen LogP contribution in [0.5, 0.6) is 0 Å². The third kappa shape index (κ3) is 4.98. The maximum Gasteiger partial charge on any atom is 0.264 e. The minimum atomic E-state index is -3.81. The van der Waals surface area contributed by atoms with Crippen molar-refractivity contribution in [3.05, 3.63) is 29.8 Å². The molecule has 0 unspecified atom stereocenters. The first-order chi connectivity index (χ1) is 8.99. The Kier molecular flexibility index (Phi) is 5.94. The molecule has 1 rings (SSSR count). The molecule has 0 atom stereocenters. The van der Waals surface area contributed by atoms with Crippen LogP contribution < -0.4 is 10.5 Å². The number of nitrogens with two attached hydrogens (primary N) is 1. The highest BCUT2D eigenvalue weighted by atomic mass is 32.2. The largest absolute Gasteiger partial charge is 0.384 e. The average molecular weight is 286 g/mol. The number of benzene rings is 1. The molecule has 3 N–H and O–H groups in total. The molecular weight excluding hydrogens is 268 g/mol. The molecule has 0 saturated heterocycles. The monoisotopic (exact) mass is 286 g/mol. The fourth-order valence-corrected chi connectivity index (χ4v) is 2.47. The molecule has 0 fully saturated rings. The highest BCUT2D eigenvalue weighted by Gasteiger charge is 2.16. The first-order valence-electron chi connectivity index (χ1n) is 5.83. The topological polar surface area (TPSA) is 98.5 Å². The number of methoxy groups -OCH3 is 1. The number of carbonyl (C=O) groups excluding carboxylic acids is 1. The summed E-state index contributed by atoms with van der Waals surface area (Å²) in [5.41, 5.74) is 6.36. The number of nitrogens with one attached hydrogen (secondary N) is 1. The Hall–Kier alpha value is -1.44. The summed E-state index contributed by atoms with van der Waals surface area (Å²) in [5, 5.41) is 0. The molecule has 0 saturated carbocycles. The maximum absolute atomic E-state index is 11.9. The van der Waals surface area contributed by atoms with E-state index in [-0.39, 0.29) is 17.9 Å². The number of carbonyl (C=O) groups is 1. The molecule has 0 aliphatic carbocycles. The predicted octanol–water partition coefficient (Wildman–Crippen LogP) is 0.0292. The van der Waals surface area contributed by atoms with E-state index < -0.39 is 15.9 Å². The van der Waals surface area contributed by atoms with Crippen molar-refractivity contribution in [3.63, 3.8) is 0 Å². The summed E-state index contributed by atoms with van der Waals surface area (Å²) in [6.45, 7) is 0.677. The van der Waals surface area contributed by atoms with E-state index in [4.69, 9.17) is 10.5 Å². The summed E-state index contributed by atoms with van der Waals surface area (Å²) in [6.07, 6.45) is 0.682. The van der Waals surface area contributed by atoms with Gasteiger partial charge in [-0.05, 0) is 30.7 Å². The first kappa shape index (κ1) is 15.6. The smallest absolute Gasteiger partial charge is 0.264 e. The van der Waals surface area contributed by atoms with Crippen molar-refractivity contribution in [3.8, 4) is 0 Å². The Balaban J connectivity index is 2.74. The van der Waals surface area contributed by atoms with Gasteiger partial charge < -0.3 is 10.5 Å². The zero-order chi connectivity index (χ0) is 14.3. The zero-order valence-corrected chi connectivity index (χ0v) is 11.6. The molecule has 19 heavy (non-hydrogen) atoms. The van der Waals surface area contributed by atoms with Crippen LogP contribution in [0.15, 0.2) is 29.2 Å². The van der Waals surface area contributed by atoms with Crippen LogP contribution in [0.3, 0.4) is 0 Å². The van der Waals surface area contributed by atoms with Crippen LogP contribution in [0.2, 0.25) is 0 Å². The van der Waals surface area contributed by atoms with E-state index in [1.54, 1.807) is 12.1 Å². The van der Waals surface area contributed by atoms with Gasteiger partial charge in [0.05, 0.1) is 17.9 Å². The van der Waals surface area contributed by atoms with Crippen LogP contribution in [0.4, 0.5) is 0 Å². The number of rotatable bonds is 7. The molecule has 0 aliphatic heterocycles. The molecule has 0 bridgehead atoms. The Morgan fingerprint density at radius 3 is 2.47 bits per heavy atom. The van der Waals surface area contributed by atoms with Gasteiger partial charge in [-0.25, -0.2) is 13.1 Å². The Morgan fingerprint density at radius 1 is 1.32 bits per heavy atom. The lowest BCUT2D eigenvalue weighted by molar-refractivity contribution is -0.120. The van der Waals surface area contributed by atoms with Gasteiger partial charge in [-0.2, -0.15) is 0 Å². The quantitative estimate of drug-likeness (QED) is 0.737. The third-order valence-corrected chi connectivity index (χ3v) is 3.84. The van der Waals surface area contributed by atoms with Crippen LogP contribution in [0.1, 0.15) is 12.0 Å². The van der Waals surface area contributed by atoms with Crippen LogP contribution in [-0.4, -0.2) is 34.6 Å². The van der Waals surface area contributed by atoms with Crippen molar-refractivity contribution in [2.45, 2.75) is 17.7 Å². The molecule has 7 heteroatoms. The van der Waals surface area contributed by atoms with Crippen LogP contribution in [0.25, 0.3) is 0 Å². The molecule has 0 radical (unpaired) electrons. The van der Waals surface area contributed by atoms with Gasteiger partial charge in [0.2, 0.25) is 5.91 Å². The van der Waals surface area contributed by atoms with Crippen molar-refractivity contribution in [1.82, 2.24) is 4.72 Å². The zero-order valence-electron chi connectivity index (χ0n) is 10.8. The highest BCUT2D eigenvalue weighted by Crippen LogP contribution is 2.10. The number of hydrogen-bond acceptors (Lipinski definition) is 5. The van der Waals surface area contributed by atoms with Gasteiger partial charge in [-0.15, -0.1) is 0 Å². The molecule has 0 aromatic heterocycles. The fourth-order valence-electron chi connectivity index (χ4n) is 1.46. The van der Waals surface area contributed by atoms with E-state index in [9.17, 15) is 13.2 Å². The number of ether oxygens (including phenoxy) is 1. The second kappa shape index (κ2) is 7.22. The van der Waals surface area contributed by atoms with E-state index >= 15 is 0 Å². The van der Waals surface area contributed by atoms with E-state index in [1.165, 1.54) is 19.2 Å². The molecule has 1 amide bonds. The summed E-state index contributed by atoms with van der Waals surface area (Å²) in [5.74, 6) is -0.590. The summed E-state index contributed by atoms with van der Waals surface area (Å²) >= 11 is 0. The van der Waals surface area contributed by atoms with Gasteiger partial charge in [0, 0.05) is 7.11 Å². The SMILES string of the molecule is COCCC(=O)NS(=O)(=O)c1ccc(CCN)cc1. The molecule has 1 aromatic carbocycles. The lowest BCUT2D eigenvalue weighted by Gasteiger charge is -2.07. The molecule has 1 aromatic rings. The number of hydrogen-bond donors (Lipinski definition) is 2. The van der Waals surface area contributed by atoms with E-state index in [1.807, 2.05) is 4.72 Å². The van der Waals surface area contributed by atoms with Crippen molar-refractivity contribution in [2.75, 3.05) is 20.3 Å². The second-order valence-corrected chi connectivity index (χ2v) is 5.64. The first-order valence-corrected chi connectivity index (χ1v) is 7.31. The van der Waals surface area contributed by atoms with Gasteiger partial charge in [-0.3, -0.25) is 4.79 Å². The van der Waals surface area contributed by atoms with Gasteiger partial charge >= 0.3 is 0 Å². The number of amides is 1. The summed E-state index contributed by atoms with van der Waals surface area (Å²) < 4.78 is 30.5. The van der Waals surface area contributed by atoms with Crippen molar-refractivity contribution in [1.29, 1.82) is 0 Å². The highest BCUT2D eigenvalue weighted by molar-refractivity contribution is 7.90. The van der Waals surface area contributed by atoms with Gasteiger partial charge in [0.25, 0.3) is 10.0 Å². The van der Waals surface area contributed by atoms with Gasteiger partial charge in [-0.1, -0.05) is 12.1 Å². The minimum absolute atomic E-state index is 0.000979. The second-order valence-electron chi connectivity index (χ2n) is 3.95. The van der Waals surface area contributed by atoms with Crippen LogP contribution in [0, 0.1) is 0 Å². The Labute approximate surface area is 113 Å². The molecule has 0 heterocycles. The van der Waals surface area contributed by atoms with E-state index in [2.05, 4.69) is 0 Å². The normalized spacial score (nSPS) is 11.3. The molecule has 6 nitrogen and oxygen atoms in total. The summed E-state index contributed by atoms with van der Waals surface area (Å²) in [7, 11) is -2.37. The maximum atomic E-state index is 11.9. The molecule has 0 spiro atoms. The minimum Gasteiger partial charge on any atom is -0.384 e. The van der Waals surface area contributed by atoms with E-state index in [0.717, 1.165) is 5.56 Å². The standard InChI is InChI=1S/C12H18N2O4S/c1-18-9-7-12(15)14-19(16,17)11-4-2-10(3-5-11)6-8-13/h2-5H,6-9,13H2,1H3,(H,14,15). The average Bonchev–Trinajstić information content (AvgIpc) is 2.37. The summed E-state index contributed by atoms with van der Waals surface area (Å²) in [4.78, 5) is 11.4. The van der Waals surface area contributed by atoms with Gasteiger partial charge in [0.1, 0.15) is 0 Å². The van der Waals surface area contributed by atoms with Crippen molar-refractivity contribution >= 4 is 15.9 Å². The lowest BCUT2D eigenvalue weighted by Crippen LogP contribution is -2.31. The van der Waals surface area contributed by atoms with Crippen molar-refractivity contribution in [2.24, 2.45) is 5.73 Å². The van der Waals surface area contributed by atoms with E-state index in [0.29, 0.717) is 13.0 Å². The van der Waals surface area contributed by atoms with Gasteiger partial charge in [0.15, 0.2) is 0 Å². The van der Waals surface area contributed by atoms with Crippen LogP contribution in [-0.2, 0) is 26.0 Å². The molecule has 0 aliphatic rings. The molecule has 106 valence electrons. The summed E-state index contributed by atoms with van der Waals surface area (Å²) in [6, 6.07) is 6.27.